The van der Waals surface area contributed by atoms with Gasteiger partial charge in [-0.25, -0.2) is 0 Å². The van der Waals surface area contributed by atoms with Crippen LogP contribution in [-0.4, -0.2) is 35.3 Å². The molecule has 162 valence electrons. The Hall–Kier alpha value is -2.54. The lowest BCUT2D eigenvalue weighted by Gasteiger charge is -2.23. The van der Waals surface area contributed by atoms with E-state index >= 15 is 0 Å². The van der Waals surface area contributed by atoms with E-state index in [4.69, 9.17) is 0 Å². The molecule has 30 heavy (non-hydrogen) atoms. The van der Waals surface area contributed by atoms with Gasteiger partial charge in [0, 0.05) is 31.2 Å². The first-order valence-electron chi connectivity index (χ1n) is 9.95. The average Bonchev–Trinajstić information content (AvgIpc) is 2.74. The van der Waals surface area contributed by atoms with Gasteiger partial charge in [-0.1, -0.05) is 19.9 Å². The summed E-state index contributed by atoms with van der Waals surface area (Å²) in [6, 6.07) is 13.4. The minimum absolute atomic E-state index is 0.0205. The molecule has 0 aliphatic rings. The zero-order valence-corrected chi connectivity index (χ0v) is 18.4. The zero-order valence-electron chi connectivity index (χ0n) is 17.5. The van der Waals surface area contributed by atoms with Crippen LogP contribution in [0.4, 0.5) is 17.1 Å². The molecule has 2 rings (SSSR count). The number of nitrogens with zero attached hydrogens (tertiary/aromatic N) is 3. The molecule has 0 radical (unpaired) electrons. The quantitative estimate of drug-likeness (QED) is 0.389. The molecule has 2 aromatic rings. The Morgan fingerprint density at radius 2 is 1.77 bits per heavy atom. The lowest BCUT2D eigenvalue weighted by Crippen LogP contribution is -2.37. The van der Waals surface area contributed by atoms with Gasteiger partial charge in [0.05, 0.1) is 16.7 Å². The molecular weight excluding hydrogens is 403 g/mol. The highest BCUT2D eigenvalue weighted by Crippen LogP contribution is 2.34. The van der Waals surface area contributed by atoms with Gasteiger partial charge in [-0.15, -0.1) is 0 Å². The molecule has 0 fully saturated rings. The SMILES string of the molecule is CC[C@H](C)C(=O)NCCN(CC)c1ccc(/N=N/c2cccc(P(=O)(O)O)c2)cc1. The summed E-state index contributed by atoms with van der Waals surface area (Å²) in [7, 11) is -4.32. The first kappa shape index (κ1) is 23.7. The fraction of sp³-hybridized carbons (Fsp3) is 0.381. The summed E-state index contributed by atoms with van der Waals surface area (Å²) in [6.45, 7) is 8.05. The average molecular weight is 432 g/mol. The predicted molar refractivity (Wildman–Crippen MR) is 119 cm³/mol. The summed E-state index contributed by atoms with van der Waals surface area (Å²) in [5, 5.41) is 11.1. The lowest BCUT2D eigenvalue weighted by molar-refractivity contribution is -0.124. The van der Waals surface area contributed by atoms with Gasteiger partial charge in [0.2, 0.25) is 5.91 Å². The number of likely N-dealkylation sites (N-methyl/N-ethyl adjacent to an activating group) is 1. The maximum absolute atomic E-state index is 11.9. The van der Waals surface area contributed by atoms with Crippen molar-refractivity contribution in [1.82, 2.24) is 5.32 Å². The summed E-state index contributed by atoms with van der Waals surface area (Å²) < 4.78 is 11.3. The molecule has 8 nitrogen and oxygen atoms in total. The third-order valence-electron chi connectivity index (χ3n) is 4.78. The molecule has 3 N–H and O–H groups in total. The van der Waals surface area contributed by atoms with Crippen LogP contribution in [0.5, 0.6) is 0 Å². The molecule has 1 atom stereocenters. The molecule has 0 aliphatic carbocycles. The van der Waals surface area contributed by atoms with E-state index in [-0.39, 0.29) is 17.1 Å². The molecular formula is C21H29N4O4P. The van der Waals surface area contributed by atoms with Gasteiger partial charge in [0.15, 0.2) is 0 Å². The summed E-state index contributed by atoms with van der Waals surface area (Å²) >= 11 is 0. The van der Waals surface area contributed by atoms with Crippen LogP contribution in [0.1, 0.15) is 27.2 Å². The van der Waals surface area contributed by atoms with Crippen molar-refractivity contribution in [3.8, 4) is 0 Å². The fourth-order valence-corrected chi connectivity index (χ4v) is 3.31. The van der Waals surface area contributed by atoms with Gasteiger partial charge in [0.25, 0.3) is 0 Å². The summed E-state index contributed by atoms with van der Waals surface area (Å²) in [5.41, 5.74) is 2.01. The summed E-state index contributed by atoms with van der Waals surface area (Å²) in [6.07, 6.45) is 0.822. The van der Waals surface area contributed by atoms with E-state index in [1.54, 1.807) is 6.07 Å². The highest BCUT2D eigenvalue weighted by Gasteiger charge is 2.16. The van der Waals surface area contributed by atoms with Crippen molar-refractivity contribution in [3.05, 3.63) is 48.5 Å². The largest absolute Gasteiger partial charge is 0.370 e. The highest BCUT2D eigenvalue weighted by atomic mass is 31.2. The Morgan fingerprint density at radius 3 is 2.37 bits per heavy atom. The van der Waals surface area contributed by atoms with Crippen LogP contribution in [0.15, 0.2) is 58.8 Å². The molecule has 0 bridgehead atoms. The second-order valence-corrected chi connectivity index (χ2v) is 8.56. The molecule has 0 saturated heterocycles. The van der Waals surface area contributed by atoms with Crippen molar-refractivity contribution in [2.24, 2.45) is 16.1 Å². The molecule has 0 aromatic heterocycles. The van der Waals surface area contributed by atoms with E-state index in [0.717, 1.165) is 18.7 Å². The molecule has 9 heteroatoms. The Bertz CT molecular complexity index is 911. The predicted octanol–water partition coefficient (Wildman–Crippen LogP) is 3.89. The van der Waals surface area contributed by atoms with Crippen LogP contribution >= 0.6 is 7.60 Å². The van der Waals surface area contributed by atoms with E-state index in [2.05, 4.69) is 27.4 Å². The fourth-order valence-electron chi connectivity index (χ4n) is 2.73. The van der Waals surface area contributed by atoms with Crippen molar-refractivity contribution in [2.45, 2.75) is 27.2 Å². The molecule has 0 heterocycles. The normalized spacial score (nSPS) is 12.7. The summed E-state index contributed by atoms with van der Waals surface area (Å²) in [4.78, 5) is 32.5. The Kier molecular flexibility index (Phi) is 8.72. The van der Waals surface area contributed by atoms with E-state index < -0.39 is 7.60 Å². The standard InChI is InChI=1S/C21H29N4O4P/c1-4-16(3)21(26)22-13-14-25(5-2)19-11-9-17(10-12-19)23-24-18-7-6-8-20(15-18)30(27,28)29/h6-12,15-16H,4-5,13-14H2,1-3H3,(H,22,26)(H2,27,28,29)/b24-23+/t16-/m0/s1. The van der Waals surface area contributed by atoms with Crippen molar-refractivity contribution >= 4 is 35.9 Å². The number of carbonyl (C=O) groups is 1. The van der Waals surface area contributed by atoms with Gasteiger partial charge < -0.3 is 20.0 Å². The Morgan fingerprint density at radius 1 is 1.10 bits per heavy atom. The van der Waals surface area contributed by atoms with Crippen LogP contribution < -0.4 is 15.5 Å². The van der Waals surface area contributed by atoms with E-state index in [9.17, 15) is 19.1 Å². The number of hydrogen-bond donors (Lipinski definition) is 3. The maximum atomic E-state index is 11.9. The Labute approximate surface area is 177 Å². The third kappa shape index (κ3) is 7.06. The summed E-state index contributed by atoms with van der Waals surface area (Å²) in [5.74, 6) is 0.0965. The van der Waals surface area contributed by atoms with E-state index in [0.29, 0.717) is 24.5 Å². The number of carbonyl (C=O) groups excluding carboxylic acids is 1. The minimum atomic E-state index is -4.32. The van der Waals surface area contributed by atoms with Crippen molar-refractivity contribution < 1.29 is 19.1 Å². The zero-order chi connectivity index (χ0) is 22.1. The van der Waals surface area contributed by atoms with Crippen LogP contribution in [0, 0.1) is 5.92 Å². The lowest BCUT2D eigenvalue weighted by atomic mass is 10.1. The monoisotopic (exact) mass is 432 g/mol. The van der Waals surface area contributed by atoms with Gasteiger partial charge in [0.1, 0.15) is 0 Å². The number of nitrogens with one attached hydrogen (secondary N) is 1. The second-order valence-electron chi connectivity index (χ2n) is 6.96. The molecule has 0 spiro atoms. The van der Waals surface area contributed by atoms with Gasteiger partial charge in [-0.05, 0) is 55.8 Å². The minimum Gasteiger partial charge on any atom is -0.370 e. The number of anilines is 1. The first-order chi connectivity index (χ1) is 14.2. The number of benzene rings is 2. The number of amides is 1. The van der Waals surface area contributed by atoms with Crippen LogP contribution in [0.2, 0.25) is 0 Å². The molecule has 0 aliphatic heterocycles. The van der Waals surface area contributed by atoms with E-state index in [1.165, 1.54) is 18.2 Å². The second kappa shape index (κ2) is 11.0. The van der Waals surface area contributed by atoms with Gasteiger partial charge in [-0.3, -0.25) is 9.36 Å². The number of azo groups is 1. The van der Waals surface area contributed by atoms with Gasteiger partial charge in [-0.2, -0.15) is 10.2 Å². The molecule has 2 aromatic carbocycles. The van der Waals surface area contributed by atoms with E-state index in [1.807, 2.05) is 38.1 Å². The molecule has 0 unspecified atom stereocenters. The van der Waals surface area contributed by atoms with Crippen LogP contribution in [0.3, 0.4) is 0 Å². The van der Waals surface area contributed by atoms with Crippen LogP contribution in [0.25, 0.3) is 0 Å². The number of rotatable bonds is 10. The van der Waals surface area contributed by atoms with Crippen molar-refractivity contribution in [2.75, 3.05) is 24.5 Å². The first-order valence-corrected chi connectivity index (χ1v) is 11.6. The third-order valence-corrected chi connectivity index (χ3v) is 5.74. The highest BCUT2D eigenvalue weighted by molar-refractivity contribution is 7.60. The van der Waals surface area contributed by atoms with Gasteiger partial charge >= 0.3 is 7.60 Å². The van der Waals surface area contributed by atoms with Crippen LogP contribution in [-0.2, 0) is 9.36 Å². The smallest absolute Gasteiger partial charge is 0.356 e. The van der Waals surface area contributed by atoms with Crippen molar-refractivity contribution in [3.63, 3.8) is 0 Å². The molecule has 1 amide bonds. The number of hydrogen-bond acceptors (Lipinski definition) is 5. The topological polar surface area (TPSA) is 115 Å². The Balaban J connectivity index is 1.99. The molecule has 0 saturated carbocycles. The van der Waals surface area contributed by atoms with Crippen molar-refractivity contribution in [1.29, 1.82) is 0 Å². The maximum Gasteiger partial charge on any atom is 0.356 e.